The molecule has 3 rings (SSSR count). The number of hydrogen-bond donors (Lipinski definition) is 3. The number of aliphatic hydroxyl groups excluding tert-OH is 3. The van der Waals surface area contributed by atoms with Crippen molar-refractivity contribution in [2.24, 2.45) is 0 Å². The fourth-order valence-electron chi connectivity index (χ4n) is 2.32. The van der Waals surface area contributed by atoms with E-state index in [1.807, 2.05) is 0 Å². The molecule has 11 heteroatoms. The van der Waals surface area contributed by atoms with Crippen LogP contribution in [0, 0.1) is 0 Å². The Balaban J connectivity index is 1.89. The molecule has 3 N–H and O–H groups in total. The molecule has 4 atom stereocenters. The minimum absolute atomic E-state index is 0.0366. The summed E-state index contributed by atoms with van der Waals surface area (Å²) in [6, 6.07) is 5.61. The first kappa shape index (κ1) is 17.4. The van der Waals surface area contributed by atoms with Crippen LogP contribution in [0.25, 0.3) is 0 Å². The van der Waals surface area contributed by atoms with Crippen LogP contribution in [0.2, 0.25) is 5.02 Å². The number of aliphatic hydroxyl groups is 3. The first-order valence-electron chi connectivity index (χ1n) is 6.89. The summed E-state index contributed by atoms with van der Waals surface area (Å²) < 4.78 is 31.0. The van der Waals surface area contributed by atoms with Crippen LogP contribution in [0.1, 0.15) is 6.23 Å². The zero-order chi connectivity index (χ0) is 17.5. The molecule has 2 heterocycles. The molecule has 0 amide bonds. The topological polar surface area (TPSA) is 135 Å². The first-order chi connectivity index (χ1) is 11.3. The molecular formula is C13H14ClN3O6Se. The molecule has 0 unspecified atom stereocenters. The predicted molar refractivity (Wildman–Crippen MR) is 80.9 cm³/mol. The second-order valence-electron chi connectivity index (χ2n) is 5.19. The quantitative estimate of drug-likeness (QED) is 0.480. The molecule has 1 saturated heterocycles. The van der Waals surface area contributed by atoms with Gasteiger partial charge in [0.05, 0.1) is 0 Å². The average molecular weight is 423 g/mol. The van der Waals surface area contributed by atoms with E-state index >= 15 is 0 Å². The molecular weight excluding hydrogens is 409 g/mol. The Hall–Kier alpha value is -1.39. The standard InChI is InChI=1S/C13H14ClN3O6Se/c14-7-1-3-8(4-2-7)24(21,22)13-15-6-17(16-13)12-11(20)10(19)9(5-18)23-12/h1-4,6,9-12,18-20H,5H2/t9-,10-,11-,12-/m1/s1. The number of rotatable bonds is 4. The second-order valence-corrected chi connectivity index (χ2v) is 9.50. The number of hydrogen-bond acceptors (Lipinski definition) is 8. The molecule has 130 valence electrons. The Morgan fingerprint density at radius 3 is 2.46 bits per heavy atom. The summed E-state index contributed by atoms with van der Waals surface area (Å²) in [5, 5.41) is 33.0. The van der Waals surface area contributed by atoms with Gasteiger partial charge in [-0.25, -0.2) is 0 Å². The van der Waals surface area contributed by atoms with Crippen LogP contribution in [0.15, 0.2) is 30.6 Å². The third kappa shape index (κ3) is 2.98. The molecule has 0 radical (unpaired) electrons. The molecule has 0 aliphatic carbocycles. The van der Waals surface area contributed by atoms with Crippen LogP contribution >= 0.6 is 11.6 Å². The van der Waals surface area contributed by atoms with Gasteiger partial charge < -0.3 is 0 Å². The van der Waals surface area contributed by atoms with Gasteiger partial charge in [-0.15, -0.1) is 0 Å². The van der Waals surface area contributed by atoms with E-state index in [0.29, 0.717) is 5.02 Å². The second kappa shape index (κ2) is 6.49. The molecule has 1 aliphatic heterocycles. The fourth-order valence-corrected chi connectivity index (χ4v) is 4.74. The van der Waals surface area contributed by atoms with Crippen LogP contribution in [0.4, 0.5) is 0 Å². The van der Waals surface area contributed by atoms with Crippen molar-refractivity contribution < 1.29 is 27.7 Å². The third-order valence-corrected chi connectivity index (χ3v) is 7.16. The third-order valence-electron chi connectivity index (χ3n) is 3.63. The van der Waals surface area contributed by atoms with E-state index in [9.17, 15) is 17.9 Å². The SMILES string of the molecule is O=[Se](=O)(c1ccc(Cl)cc1)c1ncn([C@@H]2O[C@H](CO)[C@@H](O)[C@H]2O)n1. The van der Waals surface area contributed by atoms with Gasteiger partial charge in [-0.2, -0.15) is 0 Å². The summed E-state index contributed by atoms with van der Waals surface area (Å²) in [5.74, 6) is 0. The van der Waals surface area contributed by atoms with Gasteiger partial charge in [0, 0.05) is 0 Å². The molecule has 24 heavy (non-hydrogen) atoms. The van der Waals surface area contributed by atoms with Crippen molar-refractivity contribution in [1.82, 2.24) is 14.8 Å². The van der Waals surface area contributed by atoms with Crippen molar-refractivity contribution in [3.63, 3.8) is 0 Å². The number of nitrogens with zero attached hydrogens (tertiary/aromatic N) is 3. The average Bonchev–Trinajstić information content (AvgIpc) is 3.15. The van der Waals surface area contributed by atoms with Crippen molar-refractivity contribution in [2.75, 3.05) is 6.61 Å². The summed E-state index contributed by atoms with van der Waals surface area (Å²) in [6.45, 7) is -0.496. The molecule has 0 spiro atoms. The Kier molecular flexibility index (Phi) is 4.71. The van der Waals surface area contributed by atoms with E-state index in [1.165, 1.54) is 24.3 Å². The molecule has 1 fully saturated rings. The molecule has 9 nitrogen and oxygen atoms in total. The Morgan fingerprint density at radius 2 is 1.88 bits per heavy atom. The van der Waals surface area contributed by atoms with Crippen molar-refractivity contribution in [3.8, 4) is 0 Å². The van der Waals surface area contributed by atoms with Gasteiger partial charge in [-0.1, -0.05) is 0 Å². The Bertz CT molecular complexity index is 824. The summed E-state index contributed by atoms with van der Waals surface area (Å²) >= 11 is 0.915. The number of benzene rings is 1. The molecule has 2 aromatic rings. The van der Waals surface area contributed by atoms with Gasteiger partial charge in [-0.3, -0.25) is 0 Å². The fraction of sp³-hybridized carbons (Fsp3) is 0.385. The van der Waals surface area contributed by atoms with Gasteiger partial charge in [-0.05, 0) is 0 Å². The summed E-state index contributed by atoms with van der Waals surface area (Å²) in [7, 11) is 0. The Labute approximate surface area is 143 Å². The van der Waals surface area contributed by atoms with Crippen LogP contribution in [-0.4, -0.2) is 67.7 Å². The monoisotopic (exact) mass is 423 g/mol. The molecule has 1 aliphatic rings. The summed E-state index contributed by atoms with van der Waals surface area (Å²) in [4.78, 5) is 3.77. The van der Waals surface area contributed by atoms with E-state index in [0.717, 1.165) is 11.0 Å². The predicted octanol–water partition coefficient (Wildman–Crippen LogP) is -2.04. The number of halogens is 1. The van der Waals surface area contributed by atoms with Crippen LogP contribution in [0.5, 0.6) is 0 Å². The molecule has 0 bridgehead atoms. The normalized spacial score (nSPS) is 27.5. The van der Waals surface area contributed by atoms with Crippen molar-refractivity contribution >= 4 is 33.5 Å². The molecule has 1 aromatic heterocycles. The zero-order valence-corrected chi connectivity index (χ0v) is 14.6. The van der Waals surface area contributed by atoms with E-state index in [4.69, 9.17) is 21.4 Å². The van der Waals surface area contributed by atoms with E-state index < -0.39 is 48.6 Å². The number of ether oxygens (including phenoxy) is 1. The van der Waals surface area contributed by atoms with E-state index in [-0.39, 0.29) is 4.46 Å². The van der Waals surface area contributed by atoms with Crippen LogP contribution in [0.3, 0.4) is 0 Å². The number of aromatic nitrogens is 3. The molecule has 0 saturated carbocycles. The van der Waals surface area contributed by atoms with Crippen LogP contribution in [-0.2, 0) is 12.4 Å². The van der Waals surface area contributed by atoms with Crippen molar-refractivity contribution in [2.45, 2.75) is 24.5 Å². The summed E-state index contributed by atoms with van der Waals surface area (Å²) in [6.07, 6.45) is -3.72. The maximum absolute atomic E-state index is 12.5. The van der Waals surface area contributed by atoms with Crippen molar-refractivity contribution in [3.05, 3.63) is 35.6 Å². The van der Waals surface area contributed by atoms with Gasteiger partial charge in [0.15, 0.2) is 0 Å². The van der Waals surface area contributed by atoms with Gasteiger partial charge in [0.1, 0.15) is 0 Å². The molecule has 1 aromatic carbocycles. The van der Waals surface area contributed by atoms with E-state index in [1.54, 1.807) is 0 Å². The van der Waals surface area contributed by atoms with Gasteiger partial charge in [0.25, 0.3) is 0 Å². The zero-order valence-electron chi connectivity index (χ0n) is 12.1. The van der Waals surface area contributed by atoms with Crippen LogP contribution < -0.4 is 9.18 Å². The van der Waals surface area contributed by atoms with E-state index in [2.05, 4.69) is 10.1 Å². The van der Waals surface area contributed by atoms with Gasteiger partial charge >= 0.3 is 143 Å². The van der Waals surface area contributed by atoms with Gasteiger partial charge in [0.2, 0.25) is 0 Å². The van der Waals surface area contributed by atoms with Crippen molar-refractivity contribution in [1.29, 1.82) is 0 Å². The summed E-state index contributed by atoms with van der Waals surface area (Å²) in [5.41, 5.74) is 0. The maximum atomic E-state index is 12.5. The first-order valence-corrected chi connectivity index (χ1v) is 10.4. The Morgan fingerprint density at radius 1 is 1.21 bits per heavy atom. The minimum atomic E-state index is -4.83.